The zero-order valence-electron chi connectivity index (χ0n) is 14.5. The number of thioether (sulfide) groups is 1. The number of aryl methyl sites for hydroxylation is 1. The third-order valence-electron chi connectivity index (χ3n) is 3.80. The van der Waals surface area contributed by atoms with E-state index in [4.69, 9.17) is 23.2 Å². The maximum absolute atomic E-state index is 13.2. The quantitative estimate of drug-likeness (QED) is 0.465. The van der Waals surface area contributed by atoms with Crippen molar-refractivity contribution in [3.8, 4) is 0 Å². The van der Waals surface area contributed by atoms with Crippen molar-refractivity contribution in [2.45, 2.75) is 6.92 Å². The minimum absolute atomic E-state index is 0.202. The van der Waals surface area contributed by atoms with Crippen molar-refractivity contribution in [2.75, 3.05) is 4.90 Å². The van der Waals surface area contributed by atoms with Crippen LogP contribution in [0.25, 0.3) is 6.08 Å². The number of amidine groups is 1. The summed E-state index contributed by atoms with van der Waals surface area (Å²) in [5, 5.41) is 10.8. The van der Waals surface area contributed by atoms with Gasteiger partial charge in [0, 0.05) is 15.6 Å². The van der Waals surface area contributed by atoms with Crippen molar-refractivity contribution in [2.24, 2.45) is 4.99 Å². The molecule has 0 aliphatic carbocycles. The van der Waals surface area contributed by atoms with Crippen LogP contribution in [-0.4, -0.2) is 21.3 Å². The highest BCUT2D eigenvalue weighted by molar-refractivity contribution is 8.19. The van der Waals surface area contributed by atoms with E-state index in [9.17, 15) is 4.79 Å². The molecule has 4 rings (SSSR count). The molecule has 0 radical (unpaired) electrons. The van der Waals surface area contributed by atoms with E-state index in [1.165, 1.54) is 23.1 Å². The lowest BCUT2D eigenvalue weighted by Gasteiger charge is -2.14. The number of aliphatic imine (C=N–C) groups is 1. The molecule has 3 aromatic rings. The van der Waals surface area contributed by atoms with Gasteiger partial charge in [-0.3, -0.25) is 9.69 Å². The molecule has 1 aromatic heterocycles. The number of nitrogens with zero attached hydrogens (tertiary/aromatic N) is 4. The summed E-state index contributed by atoms with van der Waals surface area (Å²) in [7, 11) is 0. The van der Waals surface area contributed by atoms with Crippen LogP contribution in [0.5, 0.6) is 0 Å². The van der Waals surface area contributed by atoms with Gasteiger partial charge in [-0.25, -0.2) is 0 Å². The number of carbonyl (C=O) groups is 1. The average molecular weight is 447 g/mol. The summed E-state index contributed by atoms with van der Waals surface area (Å²) in [5.74, 6) is -0.202. The Bertz CT molecular complexity index is 1090. The molecule has 1 saturated heterocycles. The van der Waals surface area contributed by atoms with E-state index in [2.05, 4.69) is 15.2 Å². The standard InChI is InChI=1S/C19H12Cl2N4OS2/c1-11-23-24-18(27-11)22-19-25(12-6-3-2-4-7-12)17(26)16(28-19)10-13-14(20)8-5-9-15(13)21/h2-10H,1H3/b16-10-,22-19+. The third kappa shape index (κ3) is 3.84. The van der Waals surface area contributed by atoms with Gasteiger partial charge in [0.25, 0.3) is 5.91 Å². The molecule has 2 aromatic carbocycles. The number of para-hydroxylation sites is 1. The van der Waals surface area contributed by atoms with Crippen LogP contribution in [0.4, 0.5) is 10.8 Å². The van der Waals surface area contributed by atoms with Crippen LogP contribution in [0.15, 0.2) is 58.4 Å². The highest BCUT2D eigenvalue weighted by Crippen LogP contribution is 2.39. The molecule has 0 saturated carbocycles. The number of anilines is 1. The Hall–Kier alpha value is -2.19. The molecule has 1 amide bonds. The van der Waals surface area contributed by atoms with Crippen LogP contribution in [0.3, 0.4) is 0 Å². The number of rotatable bonds is 3. The van der Waals surface area contributed by atoms with Crippen molar-refractivity contribution >= 4 is 74.3 Å². The topological polar surface area (TPSA) is 58.5 Å². The van der Waals surface area contributed by atoms with Crippen molar-refractivity contribution in [3.05, 3.63) is 74.1 Å². The number of amides is 1. The van der Waals surface area contributed by atoms with Crippen molar-refractivity contribution in [1.29, 1.82) is 0 Å². The fourth-order valence-corrected chi connectivity index (χ4v) is 4.63. The Morgan fingerprint density at radius 1 is 1.04 bits per heavy atom. The highest BCUT2D eigenvalue weighted by atomic mass is 35.5. The Labute approximate surface area is 179 Å². The van der Waals surface area contributed by atoms with Gasteiger partial charge in [0.15, 0.2) is 5.17 Å². The molecule has 1 aliphatic rings. The number of halogens is 2. The second kappa shape index (κ2) is 8.05. The first-order valence-electron chi connectivity index (χ1n) is 8.15. The lowest BCUT2D eigenvalue weighted by molar-refractivity contribution is -0.113. The molecule has 0 atom stereocenters. The largest absolute Gasteiger partial charge is 0.271 e. The molecule has 2 heterocycles. The van der Waals surface area contributed by atoms with E-state index < -0.39 is 0 Å². The van der Waals surface area contributed by atoms with Crippen molar-refractivity contribution < 1.29 is 4.79 Å². The number of carbonyl (C=O) groups excluding carboxylic acids is 1. The van der Waals surface area contributed by atoms with E-state index in [1.54, 1.807) is 29.2 Å². The molecular weight excluding hydrogens is 435 g/mol. The highest BCUT2D eigenvalue weighted by Gasteiger charge is 2.35. The van der Waals surface area contributed by atoms with Crippen LogP contribution in [0.1, 0.15) is 10.6 Å². The first-order chi connectivity index (χ1) is 13.5. The van der Waals surface area contributed by atoms with Crippen LogP contribution >= 0.6 is 46.3 Å². The maximum Gasteiger partial charge on any atom is 0.271 e. The van der Waals surface area contributed by atoms with Gasteiger partial charge in [-0.2, -0.15) is 4.99 Å². The molecular formula is C19H12Cl2N4OS2. The summed E-state index contributed by atoms with van der Waals surface area (Å²) in [6, 6.07) is 14.6. The Kier molecular flexibility index (Phi) is 5.50. The van der Waals surface area contributed by atoms with Gasteiger partial charge in [0.2, 0.25) is 5.13 Å². The van der Waals surface area contributed by atoms with Gasteiger partial charge in [-0.05, 0) is 49.0 Å². The number of benzene rings is 2. The predicted molar refractivity (Wildman–Crippen MR) is 118 cm³/mol. The SMILES string of the molecule is Cc1nnc(/N=C2/S/C(=C\c3c(Cl)cccc3Cl)C(=O)N2c2ccccc2)s1. The average Bonchev–Trinajstić information content (AvgIpc) is 3.22. The number of hydrogen-bond acceptors (Lipinski definition) is 6. The fraction of sp³-hybridized carbons (Fsp3) is 0.0526. The molecule has 9 heteroatoms. The van der Waals surface area contributed by atoms with Gasteiger partial charge < -0.3 is 0 Å². The van der Waals surface area contributed by atoms with E-state index in [0.717, 1.165) is 5.01 Å². The molecule has 5 nitrogen and oxygen atoms in total. The first-order valence-corrected chi connectivity index (χ1v) is 10.5. The zero-order valence-corrected chi connectivity index (χ0v) is 17.6. The van der Waals surface area contributed by atoms with Gasteiger partial charge in [0.05, 0.1) is 10.6 Å². The molecule has 0 N–H and O–H groups in total. The Morgan fingerprint density at radius 2 is 1.75 bits per heavy atom. The zero-order chi connectivity index (χ0) is 19.7. The molecule has 0 unspecified atom stereocenters. The van der Waals surface area contributed by atoms with Crippen molar-refractivity contribution in [3.63, 3.8) is 0 Å². The van der Waals surface area contributed by atoms with Crippen molar-refractivity contribution in [1.82, 2.24) is 10.2 Å². The lowest BCUT2D eigenvalue weighted by Crippen LogP contribution is -2.28. The first kappa shape index (κ1) is 19.1. The molecule has 140 valence electrons. The summed E-state index contributed by atoms with van der Waals surface area (Å²) < 4.78 is 0. The Morgan fingerprint density at radius 3 is 2.39 bits per heavy atom. The smallest absolute Gasteiger partial charge is 0.268 e. The van der Waals surface area contributed by atoms with Crippen LogP contribution in [0, 0.1) is 6.92 Å². The maximum atomic E-state index is 13.2. The van der Waals surface area contributed by atoms with Gasteiger partial charge >= 0.3 is 0 Å². The lowest BCUT2D eigenvalue weighted by atomic mass is 10.2. The number of hydrogen-bond donors (Lipinski definition) is 0. The van der Waals surface area contributed by atoms with E-state index in [1.807, 2.05) is 37.3 Å². The van der Waals surface area contributed by atoms with Crippen LogP contribution in [-0.2, 0) is 4.79 Å². The second-order valence-corrected chi connectivity index (χ2v) is 8.70. The molecule has 1 aliphatic heterocycles. The Balaban J connectivity index is 1.80. The predicted octanol–water partition coefficient (Wildman–Crippen LogP) is 5.96. The summed E-state index contributed by atoms with van der Waals surface area (Å²) in [4.78, 5) is 19.7. The molecule has 0 spiro atoms. The summed E-state index contributed by atoms with van der Waals surface area (Å²) in [5.41, 5.74) is 1.32. The van der Waals surface area contributed by atoms with Gasteiger partial charge in [-0.15, -0.1) is 10.2 Å². The van der Waals surface area contributed by atoms with E-state index in [-0.39, 0.29) is 5.91 Å². The summed E-state index contributed by atoms with van der Waals surface area (Å²) in [6.45, 7) is 1.86. The second-order valence-electron chi connectivity index (χ2n) is 5.72. The van der Waals surface area contributed by atoms with Crippen LogP contribution in [0.2, 0.25) is 10.0 Å². The monoisotopic (exact) mass is 446 g/mol. The van der Waals surface area contributed by atoms with E-state index >= 15 is 0 Å². The number of aromatic nitrogens is 2. The van der Waals surface area contributed by atoms with Crippen LogP contribution < -0.4 is 4.90 Å². The van der Waals surface area contributed by atoms with Gasteiger partial charge in [-0.1, -0.05) is 58.8 Å². The van der Waals surface area contributed by atoms with Gasteiger partial charge in [0.1, 0.15) is 5.01 Å². The fourth-order valence-electron chi connectivity index (χ4n) is 2.55. The molecule has 28 heavy (non-hydrogen) atoms. The minimum atomic E-state index is -0.202. The molecule has 0 bridgehead atoms. The summed E-state index contributed by atoms with van der Waals surface area (Å²) in [6.07, 6.45) is 1.70. The third-order valence-corrected chi connectivity index (χ3v) is 6.16. The molecule has 1 fully saturated rings. The normalized spacial score (nSPS) is 17.1. The summed E-state index contributed by atoms with van der Waals surface area (Å²) >= 11 is 15.1. The minimum Gasteiger partial charge on any atom is -0.268 e. The van der Waals surface area contributed by atoms with E-state index in [0.29, 0.717) is 36.5 Å².